The van der Waals surface area contributed by atoms with Crippen molar-refractivity contribution in [1.82, 2.24) is 5.32 Å². The van der Waals surface area contributed by atoms with Gasteiger partial charge in [0.05, 0.1) is 30.8 Å². The second-order valence-electron chi connectivity index (χ2n) is 4.38. The second-order valence-corrected chi connectivity index (χ2v) is 4.38. The van der Waals surface area contributed by atoms with Crippen LogP contribution in [-0.4, -0.2) is 31.2 Å². The third-order valence-electron chi connectivity index (χ3n) is 3.02. The van der Waals surface area contributed by atoms with Crippen LogP contribution in [0.5, 0.6) is 11.5 Å². The summed E-state index contributed by atoms with van der Waals surface area (Å²) in [5.41, 5.74) is -0.881. The first-order valence-electron chi connectivity index (χ1n) is 6.01. The molecule has 0 bridgehead atoms. The fourth-order valence-electron chi connectivity index (χ4n) is 1.49. The molecule has 0 aliphatic rings. The predicted octanol–water partition coefficient (Wildman–Crippen LogP) is 1.87. The zero-order chi connectivity index (χ0) is 15.2. The third kappa shape index (κ3) is 3.83. The Morgan fingerprint density at radius 2 is 2.25 bits per heavy atom. The van der Waals surface area contributed by atoms with Crippen molar-refractivity contribution in [2.45, 2.75) is 18.9 Å². The number of nitro groups is 1. The first kappa shape index (κ1) is 15.7. The van der Waals surface area contributed by atoms with Crippen LogP contribution in [0.15, 0.2) is 18.2 Å². The highest BCUT2D eigenvalue weighted by Gasteiger charge is 2.22. The quantitative estimate of drug-likeness (QED) is 0.604. The Balaban J connectivity index is 2.78. The number of methoxy groups -OCH3 is 1. The molecule has 1 aromatic carbocycles. The number of hydrogen-bond donors (Lipinski definition) is 1. The van der Waals surface area contributed by atoms with Crippen LogP contribution >= 0.6 is 0 Å². The van der Waals surface area contributed by atoms with E-state index >= 15 is 0 Å². The number of nitro benzene ring substituents is 1. The van der Waals surface area contributed by atoms with Crippen molar-refractivity contribution in [2.75, 3.05) is 20.8 Å². The van der Waals surface area contributed by atoms with Crippen LogP contribution in [0.2, 0.25) is 0 Å². The molecule has 20 heavy (non-hydrogen) atoms. The molecule has 0 saturated heterocycles. The number of benzene rings is 1. The summed E-state index contributed by atoms with van der Waals surface area (Å²) < 4.78 is 10.3. The highest BCUT2D eigenvalue weighted by atomic mass is 16.6. The number of rotatable bonds is 7. The minimum absolute atomic E-state index is 0.159. The lowest BCUT2D eigenvalue weighted by Gasteiger charge is -2.20. The van der Waals surface area contributed by atoms with Gasteiger partial charge in [-0.05, 0) is 26.1 Å². The first-order valence-corrected chi connectivity index (χ1v) is 6.01. The molecular weight excluding hydrogens is 262 g/mol. The lowest BCUT2D eigenvalue weighted by Crippen LogP contribution is -2.39. The maximum atomic E-state index is 11.0. The molecule has 1 rings (SSSR count). The summed E-state index contributed by atoms with van der Waals surface area (Å²) in [5.74, 6) is 0.549. The molecule has 0 heterocycles. The molecule has 7 nitrogen and oxygen atoms in total. The van der Waals surface area contributed by atoms with Crippen molar-refractivity contribution >= 4 is 5.69 Å². The summed E-state index contributed by atoms with van der Waals surface area (Å²) in [6, 6.07) is 6.50. The summed E-state index contributed by atoms with van der Waals surface area (Å²) in [7, 11) is 3.11. The van der Waals surface area contributed by atoms with E-state index in [1.165, 1.54) is 19.2 Å². The molecule has 0 fully saturated rings. The van der Waals surface area contributed by atoms with Gasteiger partial charge in [-0.2, -0.15) is 5.26 Å². The van der Waals surface area contributed by atoms with E-state index in [9.17, 15) is 10.1 Å². The number of hydrogen-bond acceptors (Lipinski definition) is 6. The van der Waals surface area contributed by atoms with Crippen molar-refractivity contribution in [3.63, 3.8) is 0 Å². The molecule has 0 radical (unpaired) electrons. The zero-order valence-corrected chi connectivity index (χ0v) is 11.7. The van der Waals surface area contributed by atoms with Gasteiger partial charge in [-0.3, -0.25) is 10.1 Å². The second kappa shape index (κ2) is 6.73. The van der Waals surface area contributed by atoms with Gasteiger partial charge in [-0.1, -0.05) is 0 Å². The molecule has 1 N–H and O–H groups in total. The smallest absolute Gasteiger partial charge is 0.314 e. The van der Waals surface area contributed by atoms with Gasteiger partial charge in [0.2, 0.25) is 0 Å². The van der Waals surface area contributed by atoms with Crippen LogP contribution in [0, 0.1) is 21.4 Å². The maximum absolute atomic E-state index is 11.0. The minimum atomic E-state index is -0.721. The predicted molar refractivity (Wildman–Crippen MR) is 72.8 cm³/mol. The van der Waals surface area contributed by atoms with Crippen LogP contribution in [-0.2, 0) is 0 Å². The summed E-state index contributed by atoms with van der Waals surface area (Å²) in [4.78, 5) is 10.4. The Hall–Kier alpha value is -2.33. The topological polar surface area (TPSA) is 97.4 Å². The van der Waals surface area contributed by atoms with Crippen LogP contribution < -0.4 is 14.8 Å². The monoisotopic (exact) mass is 279 g/mol. The van der Waals surface area contributed by atoms with Gasteiger partial charge < -0.3 is 14.8 Å². The van der Waals surface area contributed by atoms with Gasteiger partial charge in [-0.15, -0.1) is 0 Å². The van der Waals surface area contributed by atoms with E-state index in [1.54, 1.807) is 20.0 Å². The summed E-state index contributed by atoms with van der Waals surface area (Å²) in [6.07, 6.45) is 0.406. The minimum Gasteiger partial charge on any atom is -0.496 e. The zero-order valence-electron chi connectivity index (χ0n) is 11.7. The summed E-state index contributed by atoms with van der Waals surface area (Å²) in [6.45, 7) is 1.93. The van der Waals surface area contributed by atoms with Crippen LogP contribution in [0.25, 0.3) is 0 Å². The van der Waals surface area contributed by atoms with Crippen LogP contribution in [0.3, 0.4) is 0 Å². The molecule has 0 amide bonds. The molecule has 0 aliphatic carbocycles. The lowest BCUT2D eigenvalue weighted by atomic mass is 10.0. The van der Waals surface area contributed by atoms with Crippen molar-refractivity contribution in [3.8, 4) is 17.6 Å². The number of nitrogens with one attached hydrogen (secondary N) is 1. The first-order chi connectivity index (χ1) is 9.45. The Bertz CT molecular complexity index is 527. The number of nitriles is 1. The molecule has 0 aliphatic heterocycles. The highest BCUT2D eigenvalue weighted by Crippen LogP contribution is 2.31. The van der Waals surface area contributed by atoms with E-state index in [0.29, 0.717) is 12.2 Å². The molecule has 1 unspecified atom stereocenters. The fraction of sp³-hybridized carbons (Fsp3) is 0.462. The van der Waals surface area contributed by atoms with Gasteiger partial charge in [0, 0.05) is 6.42 Å². The number of nitrogens with zero attached hydrogens (tertiary/aromatic N) is 2. The van der Waals surface area contributed by atoms with Crippen molar-refractivity contribution in [3.05, 3.63) is 28.3 Å². The average molecular weight is 279 g/mol. The molecule has 1 aromatic rings. The van der Waals surface area contributed by atoms with Gasteiger partial charge in [0.1, 0.15) is 11.3 Å². The van der Waals surface area contributed by atoms with Gasteiger partial charge in [0.15, 0.2) is 5.75 Å². The van der Waals surface area contributed by atoms with Crippen LogP contribution in [0.1, 0.15) is 13.3 Å². The van der Waals surface area contributed by atoms with Crippen molar-refractivity contribution in [2.24, 2.45) is 0 Å². The van der Waals surface area contributed by atoms with E-state index in [4.69, 9.17) is 14.7 Å². The molecule has 0 aromatic heterocycles. The molecule has 0 spiro atoms. The Kier molecular flexibility index (Phi) is 5.29. The standard InChI is InChI=1S/C13H17N3O4/c1-13(9-14,15-2)6-7-20-12-5-4-10(19-3)8-11(12)16(17)18/h4-5,8,15H,6-7H2,1-3H3. The SMILES string of the molecule is CNC(C)(C#N)CCOc1ccc(OC)cc1[N+](=O)[O-]. The van der Waals surface area contributed by atoms with E-state index in [2.05, 4.69) is 11.4 Å². The largest absolute Gasteiger partial charge is 0.496 e. The fourth-order valence-corrected chi connectivity index (χ4v) is 1.49. The van der Waals surface area contributed by atoms with Gasteiger partial charge in [0.25, 0.3) is 0 Å². The van der Waals surface area contributed by atoms with E-state index in [1.807, 2.05) is 0 Å². The average Bonchev–Trinajstić information content (AvgIpc) is 2.47. The molecule has 0 saturated carbocycles. The highest BCUT2D eigenvalue weighted by molar-refractivity contribution is 5.50. The normalized spacial score (nSPS) is 13.1. The van der Waals surface area contributed by atoms with Crippen LogP contribution in [0.4, 0.5) is 5.69 Å². The van der Waals surface area contributed by atoms with Crippen molar-refractivity contribution in [1.29, 1.82) is 5.26 Å². The Morgan fingerprint density at radius 3 is 2.75 bits per heavy atom. The van der Waals surface area contributed by atoms with Gasteiger partial charge >= 0.3 is 5.69 Å². The van der Waals surface area contributed by atoms with E-state index in [0.717, 1.165) is 0 Å². The maximum Gasteiger partial charge on any atom is 0.314 e. The Labute approximate surface area is 117 Å². The molecule has 108 valence electrons. The van der Waals surface area contributed by atoms with E-state index < -0.39 is 10.5 Å². The lowest BCUT2D eigenvalue weighted by molar-refractivity contribution is -0.385. The van der Waals surface area contributed by atoms with E-state index in [-0.39, 0.29) is 18.0 Å². The molecule has 7 heteroatoms. The van der Waals surface area contributed by atoms with Crippen molar-refractivity contribution < 1.29 is 14.4 Å². The van der Waals surface area contributed by atoms with Gasteiger partial charge in [-0.25, -0.2) is 0 Å². The Morgan fingerprint density at radius 1 is 1.55 bits per heavy atom. The molecule has 1 atom stereocenters. The summed E-state index contributed by atoms with van der Waals surface area (Å²) >= 11 is 0. The third-order valence-corrected chi connectivity index (χ3v) is 3.02. The molecular formula is C13H17N3O4. The number of ether oxygens (including phenoxy) is 2. The summed E-state index contributed by atoms with van der Waals surface area (Å²) in [5, 5.41) is 22.8.